The number of H-pyrrole nitrogens is 1. The number of carbonyl (C=O) groups is 3. The zero-order valence-electron chi connectivity index (χ0n) is 25.2. The molecular formula is C37H34N4O4. The third-order valence-electron chi connectivity index (χ3n) is 8.96. The van der Waals surface area contributed by atoms with E-state index >= 15 is 0 Å². The standard InChI is InChI=1S/C37H34N4O4/c1-23(16-17-24-10-4-3-5-11-24)38-35(42)28-13-7-9-15-31(28)41-36(43)32-22-29-27-12-6-8-14-30(27)39-33(29)34(40(32)37(41)44)25-18-20-26(45-2)21-19-25/h3-15,18-21,23,32,34,39H,16-17,22H2,1-2H3,(H,38,42). The zero-order valence-corrected chi connectivity index (χ0v) is 25.2. The minimum absolute atomic E-state index is 0.111. The molecule has 0 radical (unpaired) electrons. The second-order valence-electron chi connectivity index (χ2n) is 11.7. The molecule has 1 saturated heterocycles. The number of hydrogen-bond acceptors (Lipinski definition) is 4. The lowest BCUT2D eigenvalue weighted by Crippen LogP contribution is -2.44. The number of ether oxygens (including phenoxy) is 1. The Bertz CT molecular complexity index is 1900. The highest BCUT2D eigenvalue weighted by Gasteiger charge is 2.53. The quantitative estimate of drug-likeness (QED) is 0.202. The minimum atomic E-state index is -0.725. The molecule has 2 aliphatic heterocycles. The monoisotopic (exact) mass is 598 g/mol. The highest BCUT2D eigenvalue weighted by molar-refractivity contribution is 6.24. The fourth-order valence-electron chi connectivity index (χ4n) is 6.69. The molecule has 3 heterocycles. The van der Waals surface area contributed by atoms with E-state index < -0.39 is 18.1 Å². The van der Waals surface area contributed by atoms with E-state index in [1.807, 2.05) is 73.7 Å². The molecule has 226 valence electrons. The van der Waals surface area contributed by atoms with Crippen LogP contribution in [0.2, 0.25) is 0 Å². The Morgan fingerprint density at radius 1 is 0.933 bits per heavy atom. The van der Waals surface area contributed by atoms with Crippen LogP contribution in [-0.2, 0) is 17.6 Å². The Kier molecular flexibility index (Phi) is 7.33. The van der Waals surface area contributed by atoms with Gasteiger partial charge in [0.25, 0.3) is 11.8 Å². The van der Waals surface area contributed by atoms with Crippen molar-refractivity contribution in [2.45, 2.75) is 44.3 Å². The number of nitrogens with zero attached hydrogens (tertiary/aromatic N) is 2. The highest BCUT2D eigenvalue weighted by Crippen LogP contribution is 2.45. The topological polar surface area (TPSA) is 94.7 Å². The first-order chi connectivity index (χ1) is 21.9. The summed E-state index contributed by atoms with van der Waals surface area (Å²) in [6, 6.07) is 30.8. The third kappa shape index (κ3) is 5.02. The van der Waals surface area contributed by atoms with E-state index in [1.54, 1.807) is 36.3 Å². The Balaban J connectivity index is 1.22. The average molecular weight is 599 g/mol. The first kappa shape index (κ1) is 28.4. The molecule has 8 nitrogen and oxygen atoms in total. The molecule has 0 bridgehead atoms. The Morgan fingerprint density at radius 2 is 1.64 bits per heavy atom. The van der Waals surface area contributed by atoms with E-state index in [-0.39, 0.29) is 29.1 Å². The predicted octanol–water partition coefficient (Wildman–Crippen LogP) is 6.41. The molecule has 0 saturated carbocycles. The molecule has 1 aromatic heterocycles. The van der Waals surface area contributed by atoms with Gasteiger partial charge in [0.15, 0.2) is 0 Å². The molecule has 0 aliphatic carbocycles. The van der Waals surface area contributed by atoms with Crippen molar-refractivity contribution in [1.29, 1.82) is 0 Å². The van der Waals surface area contributed by atoms with Gasteiger partial charge in [0, 0.05) is 29.1 Å². The van der Waals surface area contributed by atoms with Gasteiger partial charge in [-0.1, -0.05) is 72.8 Å². The SMILES string of the molecule is COc1ccc(C2c3[nH]c4ccccc4c3CC3C(=O)N(c4ccccc4C(=O)NC(C)CCc4ccccc4)C(=O)N32)cc1. The maximum atomic E-state index is 14.4. The Morgan fingerprint density at radius 3 is 2.42 bits per heavy atom. The summed E-state index contributed by atoms with van der Waals surface area (Å²) in [5.41, 5.74) is 5.50. The fourth-order valence-corrected chi connectivity index (χ4v) is 6.69. The summed E-state index contributed by atoms with van der Waals surface area (Å²) in [6.07, 6.45) is 1.95. The number of nitrogens with one attached hydrogen (secondary N) is 2. The van der Waals surface area contributed by atoms with Crippen LogP contribution in [-0.4, -0.2) is 46.9 Å². The van der Waals surface area contributed by atoms with Crippen LogP contribution in [0.25, 0.3) is 10.9 Å². The van der Waals surface area contributed by atoms with Gasteiger partial charge in [-0.15, -0.1) is 0 Å². The van der Waals surface area contributed by atoms with Gasteiger partial charge in [-0.05, 0) is 66.8 Å². The number of rotatable bonds is 8. The van der Waals surface area contributed by atoms with E-state index in [2.05, 4.69) is 22.4 Å². The number of urea groups is 1. The summed E-state index contributed by atoms with van der Waals surface area (Å²) < 4.78 is 5.39. The number of methoxy groups -OCH3 is 1. The lowest BCUT2D eigenvalue weighted by atomic mass is 9.89. The summed E-state index contributed by atoms with van der Waals surface area (Å²) in [4.78, 5) is 48.7. The van der Waals surface area contributed by atoms with Crippen molar-refractivity contribution in [2.75, 3.05) is 12.0 Å². The molecule has 2 N–H and O–H groups in total. The number of aryl methyl sites for hydroxylation is 1. The van der Waals surface area contributed by atoms with E-state index in [9.17, 15) is 14.4 Å². The maximum Gasteiger partial charge on any atom is 0.332 e. The number of aromatic amines is 1. The summed E-state index contributed by atoms with van der Waals surface area (Å²) in [5.74, 6) is 0.0396. The molecule has 0 spiro atoms. The first-order valence-corrected chi connectivity index (χ1v) is 15.3. The number of anilines is 1. The minimum Gasteiger partial charge on any atom is -0.497 e. The van der Waals surface area contributed by atoms with Crippen LogP contribution < -0.4 is 15.0 Å². The van der Waals surface area contributed by atoms with Crippen LogP contribution in [0.5, 0.6) is 5.75 Å². The van der Waals surface area contributed by atoms with E-state index in [0.717, 1.165) is 40.6 Å². The number of imide groups is 1. The van der Waals surface area contributed by atoms with Crippen molar-refractivity contribution in [1.82, 2.24) is 15.2 Å². The number of amides is 4. The molecule has 3 unspecified atom stereocenters. The number of aromatic nitrogens is 1. The van der Waals surface area contributed by atoms with Crippen LogP contribution in [0.4, 0.5) is 10.5 Å². The number of hydrogen-bond donors (Lipinski definition) is 2. The molecule has 4 aromatic carbocycles. The lowest BCUT2D eigenvalue weighted by molar-refractivity contribution is -0.120. The number of para-hydroxylation sites is 2. The Labute approximate surface area is 261 Å². The van der Waals surface area contributed by atoms with E-state index in [1.165, 1.54) is 10.5 Å². The number of fused-ring (bicyclic) bond motifs is 4. The first-order valence-electron chi connectivity index (χ1n) is 15.3. The molecule has 1 fully saturated rings. The molecule has 45 heavy (non-hydrogen) atoms. The van der Waals surface area contributed by atoms with Gasteiger partial charge >= 0.3 is 6.03 Å². The summed E-state index contributed by atoms with van der Waals surface area (Å²) in [5, 5.41) is 4.12. The molecule has 8 heteroatoms. The molecular weight excluding hydrogens is 564 g/mol. The van der Waals surface area contributed by atoms with Gasteiger partial charge in [0.1, 0.15) is 17.8 Å². The second kappa shape index (κ2) is 11.6. The molecule has 7 rings (SSSR count). The summed E-state index contributed by atoms with van der Waals surface area (Å²) in [7, 11) is 1.61. The van der Waals surface area contributed by atoms with Gasteiger partial charge in [-0.3, -0.25) is 14.5 Å². The Hall–Kier alpha value is -5.37. The normalized spacial score (nSPS) is 18.1. The number of benzene rings is 4. The van der Waals surface area contributed by atoms with Crippen molar-refractivity contribution < 1.29 is 19.1 Å². The number of carbonyl (C=O) groups excluding carboxylic acids is 3. The van der Waals surface area contributed by atoms with Crippen LogP contribution in [0.3, 0.4) is 0 Å². The van der Waals surface area contributed by atoms with Gasteiger partial charge in [0.2, 0.25) is 0 Å². The van der Waals surface area contributed by atoms with Crippen LogP contribution in [0.1, 0.15) is 52.1 Å². The van der Waals surface area contributed by atoms with Crippen LogP contribution in [0, 0.1) is 0 Å². The summed E-state index contributed by atoms with van der Waals surface area (Å²) >= 11 is 0. The average Bonchev–Trinajstić information content (AvgIpc) is 3.57. The van der Waals surface area contributed by atoms with Crippen molar-refractivity contribution in [3.8, 4) is 5.75 Å². The van der Waals surface area contributed by atoms with Crippen LogP contribution >= 0.6 is 0 Å². The molecule has 5 aromatic rings. The van der Waals surface area contributed by atoms with E-state index in [4.69, 9.17) is 4.74 Å². The maximum absolute atomic E-state index is 14.4. The van der Waals surface area contributed by atoms with Crippen molar-refractivity contribution in [3.05, 3.63) is 131 Å². The largest absolute Gasteiger partial charge is 0.497 e. The highest BCUT2D eigenvalue weighted by atomic mass is 16.5. The van der Waals surface area contributed by atoms with Gasteiger partial charge < -0.3 is 15.0 Å². The predicted molar refractivity (Wildman–Crippen MR) is 173 cm³/mol. The second-order valence-corrected chi connectivity index (χ2v) is 11.7. The van der Waals surface area contributed by atoms with Crippen molar-refractivity contribution in [2.24, 2.45) is 0 Å². The van der Waals surface area contributed by atoms with Gasteiger partial charge in [-0.25, -0.2) is 9.69 Å². The van der Waals surface area contributed by atoms with Gasteiger partial charge in [0.05, 0.1) is 18.4 Å². The van der Waals surface area contributed by atoms with Crippen LogP contribution in [0.15, 0.2) is 103 Å². The molecule has 4 amide bonds. The fraction of sp³-hybridized carbons (Fsp3) is 0.216. The molecule has 2 aliphatic rings. The lowest BCUT2D eigenvalue weighted by Gasteiger charge is -2.36. The van der Waals surface area contributed by atoms with E-state index in [0.29, 0.717) is 12.2 Å². The smallest absolute Gasteiger partial charge is 0.332 e. The zero-order chi connectivity index (χ0) is 31.1. The van der Waals surface area contributed by atoms with Gasteiger partial charge in [-0.2, -0.15) is 0 Å². The summed E-state index contributed by atoms with van der Waals surface area (Å²) in [6.45, 7) is 1.97. The van der Waals surface area contributed by atoms with Crippen molar-refractivity contribution in [3.63, 3.8) is 0 Å². The third-order valence-corrected chi connectivity index (χ3v) is 8.96. The molecule has 3 atom stereocenters. The van der Waals surface area contributed by atoms with Crippen molar-refractivity contribution >= 4 is 34.4 Å².